The molecule has 17 rings (SSSR count). The smallest absolute Gasteiger partial charge is 0.316 e. The zero-order valence-electron chi connectivity index (χ0n) is 73.6. The standard InChI is InChI=1S/C27H31N5O3.C24H28N4O3.C23H31N5O4.C22H27ClN4O3/c1-2-34-26-29-17-23(18-30-26)31-24-15-22(27(35-19-33)11-6-12-27)16-28-25(24)32-13-9-21(10-14-32)20-7-4-3-5-8-20;1-2-28(20-8-12-31-13-9-20)22-21(27-19-6-4-17(15-25)5-7-19)14-18(16-26-22)24(23(29)30)10-3-11-24;1-3-28(18-6-10-31-11-7-18)20-19(27-17-14-25-22(26-15-17)32-4-2)12-16(13-24-20)23(21(29)30)8-5-9-23;1-2-27(17-6-10-30-11-7-17)20-18(26-19-5-4-16(23)14-24-19)12-15(13-25-20)22(21(28)29)8-3-9-22/h3-5,7-8,15-19,21,31H,2,6,9-14H2,1H3;4-7,14,16,20,27H,2-3,8-13H2,1H3,(H,29,30);12-15,18,27H,3-11H2,1-2H3,(H,29,30);4-5,12-14,17H,2-3,6-11H2,1H3,(H,24,26)(H,28,29). The second-order valence-electron chi connectivity index (χ2n) is 33.7. The van der Waals surface area contributed by atoms with Crippen LogP contribution in [0.15, 0.2) is 147 Å². The van der Waals surface area contributed by atoms with Crippen molar-refractivity contribution in [3.8, 4) is 18.1 Å². The lowest BCUT2D eigenvalue weighted by Gasteiger charge is -2.40. The summed E-state index contributed by atoms with van der Waals surface area (Å²) in [5.74, 6) is 2.16. The Morgan fingerprint density at radius 3 is 1.23 bits per heavy atom. The van der Waals surface area contributed by atoms with Gasteiger partial charge < -0.3 is 84.6 Å². The number of aromatic nitrogens is 9. The van der Waals surface area contributed by atoms with E-state index in [1.165, 1.54) is 5.56 Å². The van der Waals surface area contributed by atoms with E-state index in [1.54, 1.807) is 73.8 Å². The SMILES string of the molecule is CCN(c1ncc(C2(C(=O)O)CCC2)cc1Nc1ccc(C#N)cc1)C1CCOCC1.CCN(c1ncc(C2(C(=O)O)CCC2)cc1Nc1ccc(Cl)cn1)C1CCOCC1.CCOc1ncc(Nc2cc(C3(C(=O)O)CCC3)cnc2N(CC)C2CCOCC2)cn1.CCOc1ncc(Nc2cc(C3(OC=O)CCC3)cnc2N2CCC(c3ccccc3)CC2)cn1. The highest BCUT2D eigenvalue weighted by atomic mass is 35.5. The molecule has 32 heteroatoms. The number of piperidine rings is 1. The van der Waals surface area contributed by atoms with E-state index in [0.29, 0.717) is 116 Å². The third kappa shape index (κ3) is 21.2. The lowest BCUT2D eigenvalue weighted by atomic mass is 9.65. The fourth-order valence-corrected chi connectivity index (χ4v) is 18.6. The third-order valence-electron chi connectivity index (χ3n) is 26.4. The molecule has 0 spiro atoms. The van der Waals surface area contributed by atoms with Gasteiger partial charge in [0.15, 0.2) is 23.3 Å². The summed E-state index contributed by atoms with van der Waals surface area (Å²) in [4.78, 5) is 97.2. The minimum atomic E-state index is -0.854. The molecule has 7 N–H and O–H groups in total. The Morgan fingerprint density at radius 2 is 0.875 bits per heavy atom. The second-order valence-corrected chi connectivity index (χ2v) is 34.1. The first-order chi connectivity index (χ1) is 62.4. The van der Waals surface area contributed by atoms with E-state index < -0.39 is 39.8 Å². The Morgan fingerprint density at radius 1 is 0.477 bits per heavy atom. The summed E-state index contributed by atoms with van der Waals surface area (Å²) in [6.07, 6.45) is 32.3. The molecule has 31 nitrogen and oxygen atoms in total. The maximum Gasteiger partial charge on any atom is 0.316 e. The predicted octanol–water partition coefficient (Wildman–Crippen LogP) is 17.1. The first-order valence-corrected chi connectivity index (χ1v) is 45.5. The molecule has 0 unspecified atom stereocenters. The number of aliphatic carboxylic acids is 3. The number of hydrogen-bond acceptors (Lipinski definition) is 28. The maximum absolute atomic E-state index is 12.1. The van der Waals surface area contributed by atoms with E-state index in [-0.39, 0.29) is 0 Å². The third-order valence-corrected chi connectivity index (χ3v) is 26.6. The highest BCUT2D eigenvalue weighted by Crippen LogP contribution is 2.51. The normalized spacial score (nSPS) is 17.9. The van der Waals surface area contributed by atoms with Crippen molar-refractivity contribution in [2.45, 2.75) is 209 Å². The number of rotatable bonds is 32. The number of nitrogens with one attached hydrogen (secondary N) is 4. The quantitative estimate of drug-likeness (QED) is 0.0193. The molecule has 676 valence electrons. The monoisotopic (exact) mass is 1760 g/mol. The predicted molar refractivity (Wildman–Crippen MR) is 490 cm³/mol. The van der Waals surface area contributed by atoms with Crippen molar-refractivity contribution in [2.24, 2.45) is 0 Å². The van der Waals surface area contributed by atoms with E-state index in [1.807, 2.05) is 50.4 Å². The maximum atomic E-state index is 12.1. The Kier molecular flexibility index (Phi) is 31.0. The number of nitrogens with zero attached hydrogens (tertiary/aromatic N) is 14. The fraction of sp³-hybridized carbons (Fsp3) is 0.479. The Bertz CT molecular complexity index is 5210. The average molecular weight is 1770 g/mol. The number of carbonyl (C=O) groups is 4. The summed E-state index contributed by atoms with van der Waals surface area (Å²) in [6.45, 7) is 20.3. The number of hydrogen-bond donors (Lipinski definition) is 7. The van der Waals surface area contributed by atoms with E-state index in [2.05, 4.69) is 129 Å². The number of carbonyl (C=O) groups excluding carboxylic acids is 1. The fourth-order valence-electron chi connectivity index (χ4n) is 18.4. The largest absolute Gasteiger partial charge is 0.481 e. The van der Waals surface area contributed by atoms with Crippen LogP contribution in [0.1, 0.15) is 202 Å². The number of ether oxygens (including phenoxy) is 6. The minimum absolute atomic E-state index is 0.321. The van der Waals surface area contributed by atoms with Gasteiger partial charge in [-0.05, 0) is 233 Å². The van der Waals surface area contributed by atoms with Crippen LogP contribution in [0.4, 0.5) is 68.9 Å². The lowest BCUT2D eigenvalue weighted by Crippen LogP contribution is -2.43. The highest BCUT2D eigenvalue weighted by Gasteiger charge is 2.50. The van der Waals surface area contributed by atoms with E-state index in [9.17, 15) is 34.5 Å². The van der Waals surface area contributed by atoms with Crippen molar-refractivity contribution in [2.75, 3.05) is 126 Å². The molecule has 2 aromatic carbocycles. The molecule has 4 saturated heterocycles. The molecule has 4 aliphatic carbocycles. The van der Waals surface area contributed by atoms with Gasteiger partial charge >= 0.3 is 29.9 Å². The number of halogens is 1. The molecule has 7 aromatic heterocycles. The molecular formula is C96H117ClN18O13. The number of carboxylic acids is 3. The molecule has 11 heterocycles. The Labute approximate surface area is 752 Å². The molecule has 0 radical (unpaired) electrons. The highest BCUT2D eigenvalue weighted by molar-refractivity contribution is 6.30. The number of carboxylic acid groups (broad SMARTS) is 3. The first-order valence-electron chi connectivity index (χ1n) is 45.1. The van der Waals surface area contributed by atoms with Crippen LogP contribution < -0.4 is 50.3 Å². The molecule has 8 fully saturated rings. The molecular weight excluding hydrogens is 1650 g/mol. The van der Waals surface area contributed by atoms with Crippen molar-refractivity contribution in [1.29, 1.82) is 5.26 Å². The van der Waals surface area contributed by atoms with Gasteiger partial charge in [0.1, 0.15) is 11.4 Å². The first kappa shape index (κ1) is 92.1. The van der Waals surface area contributed by atoms with Gasteiger partial charge in [0.05, 0.1) is 105 Å². The van der Waals surface area contributed by atoms with Crippen molar-refractivity contribution in [3.05, 3.63) is 185 Å². The summed E-state index contributed by atoms with van der Waals surface area (Å²) in [7, 11) is 0. The molecule has 128 heavy (non-hydrogen) atoms. The van der Waals surface area contributed by atoms with Gasteiger partial charge in [0, 0.05) is 133 Å². The van der Waals surface area contributed by atoms with Crippen LogP contribution in [-0.2, 0) is 60.0 Å². The molecule has 0 bridgehead atoms. The number of nitriles is 1. The van der Waals surface area contributed by atoms with Gasteiger partial charge in [0.25, 0.3) is 6.47 Å². The zero-order chi connectivity index (χ0) is 89.6. The average Bonchev–Trinajstić information content (AvgIpc) is 0.763. The molecule has 8 aliphatic rings. The zero-order valence-corrected chi connectivity index (χ0v) is 74.4. The van der Waals surface area contributed by atoms with Crippen LogP contribution in [-0.4, -0.2) is 188 Å². The summed E-state index contributed by atoms with van der Waals surface area (Å²) in [6, 6.07) is 33.2. The summed E-state index contributed by atoms with van der Waals surface area (Å²) >= 11 is 5.98. The van der Waals surface area contributed by atoms with Crippen molar-refractivity contribution >= 4 is 105 Å². The van der Waals surface area contributed by atoms with Crippen LogP contribution in [0, 0.1) is 11.3 Å². The Balaban J connectivity index is 0.000000138. The lowest BCUT2D eigenvalue weighted by molar-refractivity contribution is -0.155. The van der Waals surface area contributed by atoms with E-state index in [0.717, 1.165) is 242 Å². The van der Waals surface area contributed by atoms with Crippen LogP contribution >= 0.6 is 11.6 Å². The van der Waals surface area contributed by atoms with Gasteiger partial charge in [0.2, 0.25) is 0 Å². The number of benzene rings is 2. The molecule has 0 amide bonds. The minimum Gasteiger partial charge on any atom is -0.481 e. The topological polar surface area (TPSA) is 385 Å². The molecule has 0 atom stereocenters. The van der Waals surface area contributed by atoms with Crippen LogP contribution in [0.3, 0.4) is 0 Å². The number of pyridine rings is 5. The Hall–Kier alpha value is -12.1. The summed E-state index contributed by atoms with van der Waals surface area (Å²) in [5, 5.41) is 53.0. The van der Waals surface area contributed by atoms with Crippen molar-refractivity contribution < 1.29 is 62.9 Å². The molecule has 4 aliphatic heterocycles. The van der Waals surface area contributed by atoms with Gasteiger partial charge in [-0.2, -0.15) is 5.26 Å². The van der Waals surface area contributed by atoms with Gasteiger partial charge in [-0.1, -0.05) is 61.2 Å². The van der Waals surface area contributed by atoms with E-state index in [4.69, 9.17) is 65.2 Å². The summed E-state index contributed by atoms with van der Waals surface area (Å²) in [5.41, 5.74) is 7.44. The van der Waals surface area contributed by atoms with Gasteiger partial charge in [-0.3, -0.25) is 19.2 Å². The number of anilines is 12. The molecule has 9 aromatic rings. The van der Waals surface area contributed by atoms with Crippen LogP contribution in [0.2, 0.25) is 5.02 Å². The van der Waals surface area contributed by atoms with Crippen LogP contribution in [0.5, 0.6) is 12.0 Å². The second kappa shape index (κ2) is 43.1. The molecule has 4 saturated carbocycles. The van der Waals surface area contributed by atoms with E-state index >= 15 is 0 Å². The van der Waals surface area contributed by atoms with Gasteiger partial charge in [-0.15, -0.1) is 0 Å². The van der Waals surface area contributed by atoms with Crippen LogP contribution in [0.25, 0.3) is 0 Å². The van der Waals surface area contributed by atoms with Crippen molar-refractivity contribution in [1.82, 2.24) is 44.9 Å². The van der Waals surface area contributed by atoms with Gasteiger partial charge in [-0.25, -0.2) is 44.9 Å². The van der Waals surface area contributed by atoms with Crippen molar-refractivity contribution in [3.63, 3.8) is 0 Å². The summed E-state index contributed by atoms with van der Waals surface area (Å²) < 4.78 is 32.9.